The van der Waals surface area contributed by atoms with Crippen molar-refractivity contribution in [2.75, 3.05) is 0 Å². The second kappa shape index (κ2) is 11.8. The average molecular weight is 545 g/mol. The molecule has 0 fully saturated rings. The van der Waals surface area contributed by atoms with Crippen molar-refractivity contribution < 1.29 is 19.2 Å². The first-order valence-corrected chi connectivity index (χ1v) is 13.5. The second-order valence-corrected chi connectivity index (χ2v) is 11.1. The van der Waals surface area contributed by atoms with Crippen LogP contribution in [0.3, 0.4) is 0 Å². The monoisotopic (exact) mass is 544 g/mol. The van der Waals surface area contributed by atoms with Gasteiger partial charge in [-0.25, -0.2) is 0 Å². The zero-order valence-electron chi connectivity index (χ0n) is 22.1. The van der Waals surface area contributed by atoms with Crippen LogP contribution in [0.1, 0.15) is 31.9 Å². The normalized spacial score (nSPS) is 13.0. The van der Waals surface area contributed by atoms with Gasteiger partial charge in [-0.1, -0.05) is 60.7 Å². The van der Waals surface area contributed by atoms with Crippen LogP contribution in [-0.4, -0.2) is 46.8 Å². The van der Waals surface area contributed by atoms with Crippen LogP contribution in [0, 0.1) is 0 Å². The van der Waals surface area contributed by atoms with Crippen molar-refractivity contribution in [1.29, 1.82) is 0 Å². The molecule has 0 saturated carbocycles. The molecule has 0 unspecified atom stereocenters. The van der Waals surface area contributed by atoms with Gasteiger partial charge in [-0.3, -0.25) is 24.1 Å². The molecule has 0 saturated heterocycles. The van der Waals surface area contributed by atoms with Gasteiger partial charge in [0.15, 0.2) is 0 Å². The van der Waals surface area contributed by atoms with Crippen LogP contribution in [0.4, 0.5) is 0 Å². The Hall–Kier alpha value is -4.08. The van der Waals surface area contributed by atoms with Gasteiger partial charge in [-0.15, -0.1) is 11.3 Å². The molecule has 3 aromatic carbocycles. The molecule has 1 aromatic heterocycles. The summed E-state index contributed by atoms with van der Waals surface area (Å²) >= 11 is 1.55. The molecule has 4 aromatic rings. The minimum atomic E-state index is -1.21. The Bertz CT molecular complexity index is 1520. The molecule has 4 amide bonds. The van der Waals surface area contributed by atoms with Crippen molar-refractivity contribution in [2.45, 2.75) is 51.4 Å². The van der Waals surface area contributed by atoms with Gasteiger partial charge >= 0.3 is 0 Å². The van der Waals surface area contributed by atoms with Crippen LogP contribution in [0.25, 0.3) is 20.9 Å². The molecule has 9 heteroatoms. The second-order valence-electron chi connectivity index (χ2n) is 10.2. The molecular weight excluding hydrogens is 512 g/mol. The van der Waals surface area contributed by atoms with Crippen molar-refractivity contribution in [2.24, 2.45) is 5.73 Å². The number of fused-ring (bicyclic) bond motifs is 2. The highest BCUT2D eigenvalue weighted by Crippen LogP contribution is 2.27. The quantitative estimate of drug-likeness (QED) is 0.208. The van der Waals surface area contributed by atoms with Crippen LogP contribution in [-0.2, 0) is 32.0 Å². The van der Waals surface area contributed by atoms with Crippen molar-refractivity contribution in [1.82, 2.24) is 15.5 Å². The van der Waals surface area contributed by atoms with E-state index in [-0.39, 0.29) is 12.8 Å². The summed E-state index contributed by atoms with van der Waals surface area (Å²) in [5, 5.41) is 10.6. The molecule has 0 spiro atoms. The first-order chi connectivity index (χ1) is 18.6. The number of imide groups is 1. The molecule has 4 N–H and O–H groups in total. The number of carbonyl (C=O) groups excluding carboxylic acids is 4. The van der Waals surface area contributed by atoms with Gasteiger partial charge in [0.25, 0.3) is 0 Å². The number of amides is 4. The Balaban J connectivity index is 1.63. The van der Waals surface area contributed by atoms with Gasteiger partial charge in [-0.05, 0) is 52.6 Å². The largest absolute Gasteiger partial charge is 0.342 e. The molecule has 4 rings (SSSR count). The summed E-state index contributed by atoms with van der Waals surface area (Å²) < 4.78 is 1.06. The maximum absolute atomic E-state index is 13.7. The molecule has 0 aliphatic carbocycles. The first kappa shape index (κ1) is 27.9. The zero-order valence-corrected chi connectivity index (χ0v) is 23.0. The topological polar surface area (TPSA) is 122 Å². The van der Waals surface area contributed by atoms with Gasteiger partial charge in [-0.2, -0.15) is 0 Å². The molecule has 1 heterocycles. The van der Waals surface area contributed by atoms with Gasteiger partial charge in [0.05, 0.1) is 5.54 Å². The maximum Gasteiger partial charge on any atom is 0.244 e. The fourth-order valence-corrected chi connectivity index (χ4v) is 5.38. The number of thiophene rings is 1. The summed E-state index contributed by atoms with van der Waals surface area (Å²) in [7, 11) is 0. The van der Waals surface area contributed by atoms with E-state index < -0.39 is 35.5 Å². The third-order valence-electron chi connectivity index (χ3n) is 6.56. The lowest BCUT2D eigenvalue weighted by Gasteiger charge is -2.30. The van der Waals surface area contributed by atoms with E-state index in [0.717, 1.165) is 36.9 Å². The van der Waals surface area contributed by atoms with Crippen LogP contribution in [0.2, 0.25) is 0 Å². The Morgan fingerprint density at radius 1 is 0.974 bits per heavy atom. The Morgan fingerprint density at radius 3 is 2.36 bits per heavy atom. The summed E-state index contributed by atoms with van der Waals surface area (Å²) in [6.45, 7) is 4.38. The molecule has 202 valence electrons. The lowest BCUT2D eigenvalue weighted by Crippen LogP contribution is -2.59. The predicted molar refractivity (Wildman–Crippen MR) is 154 cm³/mol. The SMILES string of the molecule is CC(=O)N(C=O)[C@@H](Cc1ccc2ccccc2c1)NC(=O)[C@@H](Cc1csc2ccccc12)NC(=O)C(C)(C)N. The molecule has 8 nitrogen and oxygen atoms in total. The van der Waals surface area contributed by atoms with E-state index >= 15 is 0 Å². The van der Waals surface area contributed by atoms with E-state index in [1.54, 1.807) is 25.2 Å². The maximum atomic E-state index is 13.7. The lowest BCUT2D eigenvalue weighted by atomic mass is 10.0. The van der Waals surface area contributed by atoms with Crippen molar-refractivity contribution in [3.63, 3.8) is 0 Å². The number of nitrogens with zero attached hydrogens (tertiary/aromatic N) is 1. The number of carbonyl (C=O) groups is 4. The van der Waals surface area contributed by atoms with Crippen molar-refractivity contribution in [3.8, 4) is 0 Å². The van der Waals surface area contributed by atoms with Crippen LogP contribution in [0.15, 0.2) is 72.1 Å². The summed E-state index contributed by atoms with van der Waals surface area (Å²) in [6.07, 6.45) is -0.142. The molecule has 2 atom stereocenters. The third kappa shape index (κ3) is 6.68. The summed E-state index contributed by atoms with van der Waals surface area (Å²) in [5.74, 6) is -1.53. The van der Waals surface area contributed by atoms with Crippen LogP contribution in [0.5, 0.6) is 0 Å². The average Bonchev–Trinajstić information content (AvgIpc) is 3.30. The fourth-order valence-electron chi connectivity index (χ4n) is 4.40. The Kier molecular flexibility index (Phi) is 8.42. The van der Waals surface area contributed by atoms with Crippen LogP contribution < -0.4 is 16.4 Å². The summed E-state index contributed by atoms with van der Waals surface area (Å²) in [6, 6.07) is 20.5. The first-order valence-electron chi connectivity index (χ1n) is 12.6. The fraction of sp³-hybridized carbons (Fsp3) is 0.267. The van der Waals surface area contributed by atoms with E-state index in [0.29, 0.717) is 6.41 Å². The van der Waals surface area contributed by atoms with E-state index in [1.807, 2.05) is 72.1 Å². The Morgan fingerprint density at radius 2 is 1.67 bits per heavy atom. The van der Waals surface area contributed by atoms with Crippen molar-refractivity contribution >= 4 is 56.3 Å². The van der Waals surface area contributed by atoms with E-state index in [9.17, 15) is 19.2 Å². The zero-order chi connectivity index (χ0) is 28.2. The van der Waals surface area contributed by atoms with E-state index in [4.69, 9.17) is 5.73 Å². The lowest BCUT2D eigenvalue weighted by molar-refractivity contribution is -0.141. The number of nitrogens with one attached hydrogen (secondary N) is 2. The smallest absolute Gasteiger partial charge is 0.244 e. The summed E-state index contributed by atoms with van der Waals surface area (Å²) in [4.78, 5) is 51.8. The van der Waals surface area contributed by atoms with E-state index in [1.165, 1.54) is 6.92 Å². The molecule has 0 aliphatic rings. The van der Waals surface area contributed by atoms with Crippen LogP contribution >= 0.6 is 11.3 Å². The minimum Gasteiger partial charge on any atom is -0.342 e. The predicted octanol–water partition coefficient (Wildman–Crippen LogP) is 3.51. The number of rotatable bonds is 10. The summed E-state index contributed by atoms with van der Waals surface area (Å²) in [5.41, 5.74) is 6.53. The van der Waals surface area contributed by atoms with E-state index in [2.05, 4.69) is 10.6 Å². The number of hydrogen-bond donors (Lipinski definition) is 3. The molecule has 0 radical (unpaired) electrons. The van der Waals surface area contributed by atoms with Gasteiger partial charge < -0.3 is 16.4 Å². The molecule has 0 bridgehead atoms. The highest BCUT2D eigenvalue weighted by molar-refractivity contribution is 7.17. The van der Waals surface area contributed by atoms with Crippen molar-refractivity contribution in [3.05, 3.63) is 83.2 Å². The molecule has 39 heavy (non-hydrogen) atoms. The Labute approximate surface area is 231 Å². The highest BCUT2D eigenvalue weighted by Gasteiger charge is 2.31. The van der Waals surface area contributed by atoms with Gasteiger partial charge in [0.2, 0.25) is 24.1 Å². The van der Waals surface area contributed by atoms with Gasteiger partial charge in [0.1, 0.15) is 12.2 Å². The van der Waals surface area contributed by atoms with Gasteiger partial charge in [0, 0.05) is 24.5 Å². The molecular formula is C30H32N4O4S. The third-order valence-corrected chi connectivity index (χ3v) is 7.57. The standard InChI is InChI=1S/C30H32N4O4S/c1-19(36)34(18-35)27(15-20-12-13-21-8-4-5-9-22(21)14-20)33-28(37)25(32-29(38)30(2,3)31)16-23-17-39-26-11-7-6-10-24(23)26/h4-14,17-18,25,27H,15-16,31H2,1-3H3,(H,32,38)(H,33,37)/t25-,27+/m1/s1. The number of nitrogens with two attached hydrogens (primary N) is 1. The number of benzene rings is 3. The highest BCUT2D eigenvalue weighted by atomic mass is 32.1. The minimum absolute atomic E-state index is 0.194. The molecule has 0 aliphatic heterocycles. The number of hydrogen-bond acceptors (Lipinski definition) is 6.